The maximum Gasteiger partial charge on any atom is 0.264 e. The van der Waals surface area contributed by atoms with E-state index in [1.165, 1.54) is 54.1 Å². The minimum absolute atomic E-state index is 0.185. The molecule has 25 nitrogen and oxygen atoms in total. The molecular formula is C67H48F4N22O3. The molecule has 0 amide bonds. The summed E-state index contributed by atoms with van der Waals surface area (Å²) in [7, 11) is 0. The molecule has 0 unspecified atom stereocenters. The smallest absolute Gasteiger partial charge is 0.264 e. The molecule has 12 aromatic heterocycles. The van der Waals surface area contributed by atoms with Gasteiger partial charge in [-0.2, -0.15) is 15.1 Å². The topological polar surface area (TPSA) is 283 Å². The van der Waals surface area contributed by atoms with Crippen LogP contribution < -0.4 is 0 Å². The van der Waals surface area contributed by atoms with E-state index in [0.717, 1.165) is 0 Å². The zero-order valence-electron chi connectivity index (χ0n) is 50.0. The molecule has 0 radical (unpaired) electrons. The second-order valence-electron chi connectivity index (χ2n) is 20.2. The highest BCUT2D eigenvalue weighted by molar-refractivity contribution is 5.57. The molecule has 16 rings (SSSR count). The summed E-state index contributed by atoms with van der Waals surface area (Å²) in [5, 5.41) is 22.0. The second kappa shape index (κ2) is 29.2. The van der Waals surface area contributed by atoms with Crippen LogP contribution in [-0.2, 0) is 26.2 Å². The Kier molecular flexibility index (Phi) is 18.7. The number of aromatic nitrogens is 22. The van der Waals surface area contributed by atoms with Crippen LogP contribution >= 0.6 is 0 Å². The first-order valence-corrected chi connectivity index (χ1v) is 29.2. The molecule has 0 atom stereocenters. The average molecular weight is 1290 g/mol. The van der Waals surface area contributed by atoms with Crippen LogP contribution in [0.15, 0.2) is 258 Å². The summed E-state index contributed by atoms with van der Waals surface area (Å²) in [6.07, 6.45) is 20.5. The van der Waals surface area contributed by atoms with Gasteiger partial charge in [0, 0.05) is 71.8 Å². The highest BCUT2D eigenvalue weighted by Gasteiger charge is 2.23. The van der Waals surface area contributed by atoms with E-state index < -0.39 is 0 Å². The van der Waals surface area contributed by atoms with Crippen LogP contribution in [0, 0.1) is 23.3 Å². The maximum atomic E-state index is 14.0. The molecule has 0 bridgehead atoms. The fourth-order valence-corrected chi connectivity index (χ4v) is 9.32. The minimum atomic E-state index is -0.316. The largest absolute Gasteiger partial charge is 0.461 e. The molecule has 0 spiro atoms. The molecule has 96 heavy (non-hydrogen) atoms. The predicted octanol–water partition coefficient (Wildman–Crippen LogP) is 11.7. The summed E-state index contributed by atoms with van der Waals surface area (Å²) >= 11 is 0. The van der Waals surface area contributed by atoms with Crippen molar-refractivity contribution in [1.82, 2.24) is 109 Å². The van der Waals surface area contributed by atoms with Crippen molar-refractivity contribution in [2.24, 2.45) is 0 Å². The summed E-state index contributed by atoms with van der Waals surface area (Å²) in [4.78, 5) is 51.2. The lowest BCUT2D eigenvalue weighted by Gasteiger charge is -2.06. The Bertz CT molecular complexity index is 4440. The standard InChI is InChI=1S/C17H13FN6.2C17H12FN5O.C16H11FN6O/c18-14-7-2-1-6-13(14)12-24-17(23-11-5-10-20-23)21-16(22-24)15-8-3-4-9-19-15;18-13-6-2-1-5-12(13)11-23-17(14-7-3-10-24-14)21-16(22-23)15-19-8-4-9-20-15;18-13-6-2-1-5-12(13)9-23-17(15-10-24-11-20-15)21-16(22-23)14-7-3-4-8-19-14;17-12-5-2-1-4-11(12)10-23-15(16-20-8-9-24-16)21-14(22-23)13-18-6-3-7-19-13/h1-11H,12H2;1-10H,11H2;1-8,10-11H,9H2;1-9H,10H2. The molecule has 4 aromatic carbocycles. The summed E-state index contributed by atoms with van der Waals surface area (Å²) in [5.41, 5.74) is 3.85. The molecule has 0 aliphatic rings. The number of rotatable bonds is 16. The van der Waals surface area contributed by atoms with Gasteiger partial charge in [-0.1, -0.05) is 84.9 Å². The van der Waals surface area contributed by atoms with E-state index in [9.17, 15) is 17.6 Å². The average Bonchev–Trinajstić information content (AvgIpc) is 1.84. The van der Waals surface area contributed by atoms with Crippen LogP contribution in [0.1, 0.15) is 22.3 Å². The van der Waals surface area contributed by atoms with Gasteiger partial charge in [-0.05, 0) is 78.9 Å². The number of oxazole rings is 2. The lowest BCUT2D eigenvalue weighted by Crippen LogP contribution is -2.10. The minimum Gasteiger partial charge on any atom is -0.461 e. The van der Waals surface area contributed by atoms with E-state index in [1.807, 2.05) is 36.4 Å². The van der Waals surface area contributed by atoms with Crippen LogP contribution in [0.5, 0.6) is 0 Å². The van der Waals surface area contributed by atoms with Gasteiger partial charge >= 0.3 is 0 Å². The van der Waals surface area contributed by atoms with Crippen molar-refractivity contribution in [2.45, 2.75) is 26.2 Å². The van der Waals surface area contributed by atoms with Crippen molar-refractivity contribution in [3.63, 3.8) is 0 Å². The molecule has 0 saturated carbocycles. The Balaban J connectivity index is 0.000000116. The van der Waals surface area contributed by atoms with Gasteiger partial charge in [0.05, 0.1) is 38.6 Å². The van der Waals surface area contributed by atoms with E-state index in [2.05, 4.69) is 85.3 Å². The summed E-state index contributed by atoms with van der Waals surface area (Å²) in [6, 6.07) is 46.0. The van der Waals surface area contributed by atoms with Crippen molar-refractivity contribution in [3.8, 4) is 87.1 Å². The molecule has 472 valence electrons. The number of hydrogen-bond acceptors (Lipinski definition) is 20. The van der Waals surface area contributed by atoms with Crippen LogP contribution in [0.4, 0.5) is 17.6 Å². The summed E-state index contributed by atoms with van der Waals surface area (Å²) < 4.78 is 79.6. The van der Waals surface area contributed by atoms with Crippen molar-refractivity contribution >= 4 is 0 Å². The van der Waals surface area contributed by atoms with Crippen molar-refractivity contribution in [2.75, 3.05) is 0 Å². The SMILES string of the molecule is Fc1ccccc1Cn1nc(-c2ccccn2)nc1-c1cocn1.Fc1ccccc1Cn1nc(-c2ccccn2)nc1-n1cccn1.Fc1ccccc1Cn1nc(-c2ncccn2)nc1-c1ccco1.Fc1ccccc1Cn1nc(-c2ncccn2)nc1-c1ncco1. The highest BCUT2D eigenvalue weighted by atomic mass is 19.1. The summed E-state index contributed by atoms with van der Waals surface area (Å²) in [5.74, 6) is 3.89. The third-order valence-electron chi connectivity index (χ3n) is 13.8. The molecule has 16 aromatic rings. The molecular weight excluding hydrogens is 1240 g/mol. The van der Waals surface area contributed by atoms with Gasteiger partial charge in [-0.3, -0.25) is 9.97 Å². The second-order valence-corrected chi connectivity index (χ2v) is 20.2. The van der Waals surface area contributed by atoms with E-state index >= 15 is 0 Å². The number of benzene rings is 4. The van der Waals surface area contributed by atoms with E-state index in [1.54, 1.807) is 178 Å². The van der Waals surface area contributed by atoms with Crippen molar-refractivity contribution in [3.05, 3.63) is 290 Å². The number of halogens is 4. The first-order chi connectivity index (χ1) is 47.2. The zero-order valence-corrected chi connectivity index (χ0v) is 50.0. The van der Waals surface area contributed by atoms with Gasteiger partial charge in [-0.25, -0.2) is 80.8 Å². The monoisotopic (exact) mass is 1280 g/mol. The Labute approximate surface area is 540 Å². The fourth-order valence-electron chi connectivity index (χ4n) is 9.32. The Morgan fingerprint density at radius 2 is 0.802 bits per heavy atom. The molecule has 0 fully saturated rings. The third-order valence-corrected chi connectivity index (χ3v) is 13.8. The Morgan fingerprint density at radius 1 is 0.333 bits per heavy atom. The molecule has 0 aliphatic carbocycles. The van der Waals surface area contributed by atoms with Crippen LogP contribution in [-0.4, -0.2) is 109 Å². The quantitative estimate of drug-likeness (QED) is 0.0812. The molecule has 12 heterocycles. The normalized spacial score (nSPS) is 10.9. The Hall–Kier alpha value is -13.5. The van der Waals surface area contributed by atoms with Gasteiger partial charge < -0.3 is 13.3 Å². The molecule has 29 heteroatoms. The van der Waals surface area contributed by atoms with Gasteiger partial charge in [0.2, 0.25) is 29.2 Å². The summed E-state index contributed by atoms with van der Waals surface area (Å²) in [6.45, 7) is 0.892. The van der Waals surface area contributed by atoms with Gasteiger partial charge in [-0.15, -0.1) is 20.4 Å². The maximum absolute atomic E-state index is 14.0. The number of pyridine rings is 2. The van der Waals surface area contributed by atoms with Gasteiger partial charge in [0.25, 0.3) is 5.89 Å². The third kappa shape index (κ3) is 14.6. The van der Waals surface area contributed by atoms with Gasteiger partial charge in [0.1, 0.15) is 52.9 Å². The first kappa shape index (κ1) is 61.4. The number of furan rings is 1. The fraction of sp³-hybridized carbons (Fsp3) is 0.0597. The predicted molar refractivity (Wildman–Crippen MR) is 336 cm³/mol. The van der Waals surface area contributed by atoms with Gasteiger partial charge in [0.15, 0.2) is 41.3 Å². The zero-order chi connectivity index (χ0) is 65.4. The van der Waals surface area contributed by atoms with E-state index in [0.29, 0.717) is 109 Å². The van der Waals surface area contributed by atoms with Crippen LogP contribution in [0.25, 0.3) is 87.1 Å². The first-order valence-electron chi connectivity index (χ1n) is 29.2. The number of nitrogens with zero attached hydrogens (tertiary/aromatic N) is 22. The Morgan fingerprint density at radius 3 is 1.27 bits per heavy atom. The molecule has 0 aliphatic heterocycles. The van der Waals surface area contributed by atoms with E-state index in [-0.39, 0.29) is 49.4 Å². The molecule has 0 saturated heterocycles. The lowest BCUT2D eigenvalue weighted by molar-refractivity contribution is 0.550. The number of hydrogen-bond donors (Lipinski definition) is 0. The van der Waals surface area contributed by atoms with Crippen LogP contribution in [0.2, 0.25) is 0 Å². The van der Waals surface area contributed by atoms with E-state index in [4.69, 9.17) is 13.3 Å². The molecule has 0 N–H and O–H groups in total. The van der Waals surface area contributed by atoms with Crippen molar-refractivity contribution in [1.29, 1.82) is 0 Å². The highest BCUT2D eigenvalue weighted by Crippen LogP contribution is 2.26. The lowest BCUT2D eigenvalue weighted by atomic mass is 10.2. The van der Waals surface area contributed by atoms with Crippen LogP contribution in [0.3, 0.4) is 0 Å². The van der Waals surface area contributed by atoms with Crippen molar-refractivity contribution < 1.29 is 30.8 Å².